The number of carboxylic acid groups (broad SMARTS) is 1. The van der Waals surface area contributed by atoms with Crippen molar-refractivity contribution in [1.29, 1.82) is 0 Å². The fraction of sp³-hybridized carbons (Fsp3) is 0.182. The molecule has 0 saturated carbocycles. The van der Waals surface area contributed by atoms with Gasteiger partial charge in [0.05, 0.1) is 19.6 Å². The lowest BCUT2D eigenvalue weighted by molar-refractivity contribution is -0.136. The number of halogens is 2. The summed E-state index contributed by atoms with van der Waals surface area (Å²) < 4.78 is 33.2. The molecular weight excluding hydrogens is 545 g/mol. The summed E-state index contributed by atoms with van der Waals surface area (Å²) in [5, 5.41) is 10.9. The topological polar surface area (TPSA) is 69.9 Å². The van der Waals surface area contributed by atoms with E-state index in [1.165, 1.54) is 12.1 Å². The van der Waals surface area contributed by atoms with Crippen LogP contribution in [0.2, 0.25) is 5.02 Å². The van der Waals surface area contributed by atoms with Crippen molar-refractivity contribution < 1.29 is 28.5 Å². The second-order valence-corrected chi connectivity index (χ2v) is 10.0. The van der Waals surface area contributed by atoms with Crippen molar-refractivity contribution >= 4 is 28.5 Å². The van der Waals surface area contributed by atoms with Gasteiger partial charge in [-0.2, -0.15) is 0 Å². The summed E-state index contributed by atoms with van der Waals surface area (Å²) in [5.74, 6) is 0.757. The number of nitrogens with zero attached hydrogens (tertiary/aromatic N) is 1. The Morgan fingerprint density at radius 2 is 1.51 bits per heavy atom. The Morgan fingerprint density at radius 3 is 2.24 bits per heavy atom. The summed E-state index contributed by atoms with van der Waals surface area (Å²) in [7, 11) is 0. The molecule has 0 fully saturated rings. The number of para-hydroxylation sites is 2. The average molecular weight is 574 g/mol. The number of carboxylic acids is 1. The van der Waals surface area contributed by atoms with Crippen LogP contribution >= 0.6 is 11.6 Å². The lowest BCUT2D eigenvalue weighted by Crippen LogP contribution is -2.06. The van der Waals surface area contributed by atoms with Gasteiger partial charge in [0, 0.05) is 35.1 Å². The molecule has 0 bridgehead atoms. The highest BCUT2D eigenvalue weighted by molar-refractivity contribution is 6.30. The Balaban J connectivity index is 1.18. The van der Waals surface area contributed by atoms with Gasteiger partial charge in [-0.25, -0.2) is 4.39 Å². The highest BCUT2D eigenvalue weighted by atomic mass is 35.5. The molecule has 0 unspecified atom stereocenters. The summed E-state index contributed by atoms with van der Waals surface area (Å²) in [6, 6.07) is 27.0. The van der Waals surface area contributed by atoms with Gasteiger partial charge in [-0.1, -0.05) is 48.0 Å². The number of fused-ring (bicyclic) bond motifs is 1. The molecule has 8 heteroatoms. The maximum atomic E-state index is 13.3. The third kappa shape index (κ3) is 7.58. The molecule has 1 aromatic heterocycles. The molecule has 5 rings (SSSR count). The maximum absolute atomic E-state index is 13.3. The highest BCUT2D eigenvalue weighted by Gasteiger charge is 2.13. The predicted molar refractivity (Wildman–Crippen MR) is 157 cm³/mol. The van der Waals surface area contributed by atoms with Crippen molar-refractivity contribution in [2.24, 2.45) is 0 Å². The molecular formula is C33H29ClFNO5. The first-order chi connectivity index (χ1) is 19.9. The van der Waals surface area contributed by atoms with E-state index in [1.807, 2.05) is 77.5 Å². The molecule has 41 heavy (non-hydrogen) atoms. The standard InChI is InChI=1S/C33H29ClFNO5/c34-26-10-6-24(7-11-26)22-41-32-5-2-1-4-31(32)40-17-3-16-39-28-14-15-30-29(19-28)25(18-33(37)38)21-36(30)20-23-8-12-27(35)13-9-23/h1-2,4-15,19,21H,3,16-18,20,22H2,(H,37,38). The fourth-order valence-corrected chi connectivity index (χ4v) is 4.65. The van der Waals surface area contributed by atoms with E-state index in [2.05, 4.69) is 0 Å². The van der Waals surface area contributed by atoms with Gasteiger partial charge < -0.3 is 23.9 Å². The number of aromatic nitrogens is 1. The molecule has 0 atom stereocenters. The van der Waals surface area contributed by atoms with Gasteiger partial charge in [0.15, 0.2) is 11.5 Å². The second-order valence-electron chi connectivity index (χ2n) is 9.57. The first kappa shape index (κ1) is 28.1. The first-order valence-corrected chi connectivity index (χ1v) is 13.6. The van der Waals surface area contributed by atoms with Crippen LogP contribution in [0.5, 0.6) is 17.2 Å². The third-order valence-electron chi connectivity index (χ3n) is 6.51. The van der Waals surface area contributed by atoms with Crippen molar-refractivity contribution in [2.75, 3.05) is 13.2 Å². The largest absolute Gasteiger partial charge is 0.493 e. The summed E-state index contributed by atoms with van der Waals surface area (Å²) in [4.78, 5) is 11.5. The molecule has 0 aliphatic heterocycles. The molecule has 6 nitrogen and oxygen atoms in total. The van der Waals surface area contributed by atoms with E-state index in [-0.39, 0.29) is 12.2 Å². The molecule has 1 N–H and O–H groups in total. The van der Waals surface area contributed by atoms with Crippen molar-refractivity contribution in [3.63, 3.8) is 0 Å². The zero-order valence-electron chi connectivity index (χ0n) is 22.3. The Morgan fingerprint density at radius 1 is 0.829 bits per heavy atom. The fourth-order valence-electron chi connectivity index (χ4n) is 4.52. The van der Waals surface area contributed by atoms with Crippen LogP contribution in [0.3, 0.4) is 0 Å². The maximum Gasteiger partial charge on any atom is 0.307 e. The van der Waals surface area contributed by atoms with Crippen LogP contribution in [0.25, 0.3) is 10.9 Å². The third-order valence-corrected chi connectivity index (χ3v) is 6.77. The zero-order chi connectivity index (χ0) is 28.6. The van der Waals surface area contributed by atoms with Crippen LogP contribution in [0.1, 0.15) is 23.1 Å². The smallest absolute Gasteiger partial charge is 0.307 e. The minimum Gasteiger partial charge on any atom is -0.493 e. The minimum absolute atomic E-state index is 0.107. The van der Waals surface area contributed by atoms with E-state index in [4.69, 9.17) is 25.8 Å². The van der Waals surface area contributed by atoms with Crippen LogP contribution in [0, 0.1) is 5.82 Å². The summed E-state index contributed by atoms with van der Waals surface area (Å²) in [6.45, 7) is 1.75. The molecule has 1 heterocycles. The van der Waals surface area contributed by atoms with Gasteiger partial charge in [0.1, 0.15) is 18.2 Å². The van der Waals surface area contributed by atoms with E-state index in [0.717, 1.165) is 22.0 Å². The van der Waals surface area contributed by atoms with Crippen LogP contribution in [-0.2, 0) is 24.4 Å². The molecule has 5 aromatic rings. The molecule has 0 aliphatic carbocycles. The highest BCUT2D eigenvalue weighted by Crippen LogP contribution is 2.29. The zero-order valence-corrected chi connectivity index (χ0v) is 23.0. The van der Waals surface area contributed by atoms with Crippen molar-refractivity contribution in [2.45, 2.75) is 26.0 Å². The van der Waals surface area contributed by atoms with E-state index in [1.54, 1.807) is 12.1 Å². The number of carbonyl (C=O) groups is 1. The van der Waals surface area contributed by atoms with Crippen LogP contribution in [-0.4, -0.2) is 28.9 Å². The normalized spacial score (nSPS) is 11.0. The first-order valence-electron chi connectivity index (χ1n) is 13.2. The van der Waals surface area contributed by atoms with Gasteiger partial charge in [-0.15, -0.1) is 0 Å². The van der Waals surface area contributed by atoms with Gasteiger partial charge in [0.2, 0.25) is 0 Å². The molecule has 0 radical (unpaired) electrons. The Bertz CT molecular complexity index is 1620. The van der Waals surface area contributed by atoms with Gasteiger partial charge in [0.25, 0.3) is 0 Å². The van der Waals surface area contributed by atoms with E-state index >= 15 is 0 Å². The van der Waals surface area contributed by atoms with Crippen molar-refractivity contribution in [3.05, 3.63) is 125 Å². The number of aliphatic carboxylic acids is 1. The second kappa shape index (κ2) is 13.2. The molecule has 0 amide bonds. The van der Waals surface area contributed by atoms with E-state index in [9.17, 15) is 14.3 Å². The summed E-state index contributed by atoms with van der Waals surface area (Å²) in [6.07, 6.45) is 2.37. The van der Waals surface area contributed by atoms with Gasteiger partial charge in [-0.05, 0) is 71.3 Å². The molecule has 0 spiro atoms. The Labute approximate surface area is 242 Å². The van der Waals surface area contributed by atoms with Crippen LogP contribution in [0.4, 0.5) is 4.39 Å². The average Bonchev–Trinajstić information content (AvgIpc) is 3.29. The van der Waals surface area contributed by atoms with Gasteiger partial charge >= 0.3 is 5.97 Å². The lowest BCUT2D eigenvalue weighted by atomic mass is 10.1. The quantitative estimate of drug-likeness (QED) is 0.147. The number of hydrogen-bond acceptors (Lipinski definition) is 4. The number of ether oxygens (including phenoxy) is 3. The molecule has 210 valence electrons. The molecule has 4 aromatic carbocycles. The number of hydrogen-bond donors (Lipinski definition) is 1. The summed E-state index contributed by atoms with van der Waals surface area (Å²) in [5.41, 5.74) is 3.50. The van der Waals surface area contributed by atoms with Gasteiger partial charge in [-0.3, -0.25) is 4.79 Å². The number of rotatable bonds is 13. The van der Waals surface area contributed by atoms with Crippen LogP contribution in [0.15, 0.2) is 97.2 Å². The summed E-state index contributed by atoms with van der Waals surface area (Å²) >= 11 is 5.96. The van der Waals surface area contributed by atoms with Crippen molar-refractivity contribution in [1.82, 2.24) is 4.57 Å². The Hall–Kier alpha value is -4.49. The minimum atomic E-state index is -0.910. The monoisotopic (exact) mass is 573 g/mol. The van der Waals surface area contributed by atoms with E-state index in [0.29, 0.717) is 60.6 Å². The van der Waals surface area contributed by atoms with E-state index < -0.39 is 5.97 Å². The SMILES string of the molecule is O=C(O)Cc1cn(Cc2ccc(F)cc2)c2ccc(OCCCOc3ccccc3OCc3ccc(Cl)cc3)cc12. The lowest BCUT2D eigenvalue weighted by Gasteiger charge is -2.13. The Kier molecular flexibility index (Phi) is 9.06. The predicted octanol–water partition coefficient (Wildman–Crippen LogP) is 7.54. The van der Waals surface area contributed by atoms with Crippen molar-refractivity contribution in [3.8, 4) is 17.2 Å². The molecule has 0 saturated heterocycles. The van der Waals surface area contributed by atoms with Crippen LogP contribution < -0.4 is 14.2 Å². The number of benzene rings is 4. The molecule has 0 aliphatic rings.